The lowest BCUT2D eigenvalue weighted by atomic mass is 10.0. The largest absolute Gasteiger partial charge is 0.459 e. The molecule has 28 heavy (non-hydrogen) atoms. The maximum atomic E-state index is 12.4. The molecular formula is C21H24N4O3. The van der Waals surface area contributed by atoms with Crippen LogP contribution in [0.2, 0.25) is 0 Å². The van der Waals surface area contributed by atoms with Gasteiger partial charge in [-0.3, -0.25) is 9.59 Å². The Labute approximate surface area is 163 Å². The van der Waals surface area contributed by atoms with E-state index in [2.05, 4.69) is 14.9 Å². The number of fused-ring (bicyclic) bond motifs is 1. The number of carbonyl (C=O) groups is 2. The second-order valence-corrected chi connectivity index (χ2v) is 7.11. The molecule has 0 unspecified atom stereocenters. The van der Waals surface area contributed by atoms with E-state index in [0.717, 1.165) is 30.3 Å². The number of furan rings is 1. The average Bonchev–Trinajstić information content (AvgIpc) is 3.41. The monoisotopic (exact) mass is 380 g/mol. The lowest BCUT2D eigenvalue weighted by Gasteiger charge is -2.32. The molecule has 1 fully saturated rings. The number of nitrogens with zero attached hydrogens (tertiary/aromatic N) is 3. The van der Waals surface area contributed by atoms with Crippen LogP contribution in [0.1, 0.15) is 53.1 Å². The summed E-state index contributed by atoms with van der Waals surface area (Å²) in [6.45, 7) is 4.06. The summed E-state index contributed by atoms with van der Waals surface area (Å²) < 4.78 is 7.39. The zero-order valence-corrected chi connectivity index (χ0v) is 15.9. The Balaban J connectivity index is 1.45. The van der Waals surface area contributed by atoms with Crippen LogP contribution in [0.15, 0.2) is 47.3 Å². The Morgan fingerprint density at radius 3 is 2.79 bits per heavy atom. The maximum Gasteiger partial charge on any atom is 0.289 e. The zero-order valence-electron chi connectivity index (χ0n) is 15.9. The Morgan fingerprint density at radius 1 is 1.25 bits per heavy atom. The van der Waals surface area contributed by atoms with Crippen molar-refractivity contribution >= 4 is 22.8 Å². The molecule has 0 radical (unpaired) electrons. The number of rotatable bonds is 5. The van der Waals surface area contributed by atoms with Gasteiger partial charge in [0, 0.05) is 31.2 Å². The fourth-order valence-corrected chi connectivity index (χ4v) is 3.71. The number of imidazole rings is 1. The number of benzene rings is 1. The van der Waals surface area contributed by atoms with Crippen LogP contribution in [-0.2, 0) is 0 Å². The van der Waals surface area contributed by atoms with Gasteiger partial charge in [0.1, 0.15) is 0 Å². The van der Waals surface area contributed by atoms with Crippen molar-refractivity contribution in [2.45, 2.75) is 32.2 Å². The van der Waals surface area contributed by atoms with E-state index >= 15 is 0 Å². The highest BCUT2D eigenvalue weighted by atomic mass is 16.3. The molecule has 7 heteroatoms. The van der Waals surface area contributed by atoms with E-state index in [-0.39, 0.29) is 17.9 Å². The van der Waals surface area contributed by atoms with Gasteiger partial charge >= 0.3 is 0 Å². The van der Waals surface area contributed by atoms with Gasteiger partial charge in [-0.1, -0.05) is 6.92 Å². The number of likely N-dealkylation sites (tertiary alicyclic amines) is 1. The number of carbonyl (C=O) groups excluding carboxylic acids is 2. The molecule has 0 atom stereocenters. The van der Waals surface area contributed by atoms with Crippen molar-refractivity contribution in [3.8, 4) is 0 Å². The minimum absolute atomic E-state index is 0.0540. The summed E-state index contributed by atoms with van der Waals surface area (Å²) in [6.07, 6.45) is 5.98. The third-order valence-electron chi connectivity index (χ3n) is 5.25. The Morgan fingerprint density at radius 2 is 2.07 bits per heavy atom. The zero-order chi connectivity index (χ0) is 19.5. The summed E-state index contributed by atoms with van der Waals surface area (Å²) in [4.78, 5) is 30.9. The molecule has 1 aliphatic heterocycles. The van der Waals surface area contributed by atoms with Crippen molar-refractivity contribution in [3.63, 3.8) is 0 Å². The topological polar surface area (TPSA) is 80.4 Å². The van der Waals surface area contributed by atoms with Crippen LogP contribution in [0.5, 0.6) is 0 Å². The molecule has 3 aromatic rings. The van der Waals surface area contributed by atoms with Crippen molar-refractivity contribution in [3.05, 3.63) is 54.2 Å². The summed E-state index contributed by atoms with van der Waals surface area (Å²) in [5.41, 5.74) is 2.46. The van der Waals surface area contributed by atoms with Crippen LogP contribution in [0.3, 0.4) is 0 Å². The van der Waals surface area contributed by atoms with Gasteiger partial charge in [-0.2, -0.15) is 0 Å². The van der Waals surface area contributed by atoms with E-state index < -0.39 is 0 Å². The van der Waals surface area contributed by atoms with Gasteiger partial charge in [-0.25, -0.2) is 4.98 Å². The first-order valence-corrected chi connectivity index (χ1v) is 9.75. The number of hydrogen-bond acceptors (Lipinski definition) is 4. The molecule has 2 aromatic heterocycles. The minimum atomic E-state index is -0.0666. The molecule has 0 spiro atoms. The van der Waals surface area contributed by atoms with Gasteiger partial charge in [0.15, 0.2) is 5.76 Å². The Hall–Kier alpha value is -3.09. The van der Waals surface area contributed by atoms with E-state index in [1.807, 2.05) is 36.4 Å². The van der Waals surface area contributed by atoms with Crippen molar-refractivity contribution in [2.75, 3.05) is 19.6 Å². The standard InChI is InChI=1S/C21H24N4O3/c1-2-9-22-20(26)15-5-6-18-17(13-15)23-14-25(18)16-7-10-24(11-8-16)21(27)19-4-3-12-28-19/h3-6,12-14,16H,2,7-11H2,1H3,(H,22,26). The lowest BCUT2D eigenvalue weighted by Crippen LogP contribution is -2.38. The quantitative estimate of drug-likeness (QED) is 0.737. The molecule has 0 saturated carbocycles. The van der Waals surface area contributed by atoms with Gasteiger partial charge < -0.3 is 19.2 Å². The highest BCUT2D eigenvalue weighted by Crippen LogP contribution is 2.27. The summed E-state index contributed by atoms with van der Waals surface area (Å²) in [7, 11) is 0. The second kappa shape index (κ2) is 7.88. The molecule has 1 saturated heterocycles. The molecule has 3 heterocycles. The Bertz CT molecular complexity index is 969. The molecule has 7 nitrogen and oxygen atoms in total. The minimum Gasteiger partial charge on any atom is -0.459 e. The molecule has 1 N–H and O–H groups in total. The van der Waals surface area contributed by atoms with Crippen molar-refractivity contribution < 1.29 is 14.0 Å². The lowest BCUT2D eigenvalue weighted by molar-refractivity contribution is 0.0663. The van der Waals surface area contributed by atoms with Crippen LogP contribution in [-0.4, -0.2) is 45.9 Å². The number of aromatic nitrogens is 2. The third-order valence-corrected chi connectivity index (χ3v) is 5.25. The molecule has 4 rings (SSSR count). The van der Waals surface area contributed by atoms with E-state index in [0.29, 0.717) is 31.0 Å². The van der Waals surface area contributed by atoms with Gasteiger partial charge in [-0.15, -0.1) is 0 Å². The summed E-state index contributed by atoms with van der Waals surface area (Å²) >= 11 is 0. The molecule has 0 aliphatic carbocycles. The summed E-state index contributed by atoms with van der Waals surface area (Å²) in [5.74, 6) is 0.269. The Kier molecular flexibility index (Phi) is 5.14. The number of nitrogens with one attached hydrogen (secondary N) is 1. The van der Waals surface area contributed by atoms with Gasteiger partial charge in [0.2, 0.25) is 0 Å². The number of piperidine rings is 1. The molecule has 1 aliphatic rings. The molecule has 2 amide bonds. The van der Waals surface area contributed by atoms with Gasteiger partial charge in [0.05, 0.1) is 23.6 Å². The maximum absolute atomic E-state index is 12.4. The third kappa shape index (κ3) is 3.52. The highest BCUT2D eigenvalue weighted by Gasteiger charge is 2.26. The van der Waals surface area contributed by atoms with Crippen LogP contribution < -0.4 is 5.32 Å². The molecule has 0 bridgehead atoms. The van der Waals surface area contributed by atoms with E-state index in [1.54, 1.807) is 12.1 Å². The van der Waals surface area contributed by atoms with E-state index in [4.69, 9.17) is 4.42 Å². The van der Waals surface area contributed by atoms with Crippen molar-refractivity contribution in [1.82, 2.24) is 19.8 Å². The first-order valence-electron chi connectivity index (χ1n) is 9.75. The van der Waals surface area contributed by atoms with E-state index in [9.17, 15) is 9.59 Å². The second-order valence-electron chi connectivity index (χ2n) is 7.11. The predicted octanol–water partition coefficient (Wildman–Crippen LogP) is 3.25. The van der Waals surface area contributed by atoms with Gasteiger partial charge in [-0.05, 0) is 49.6 Å². The van der Waals surface area contributed by atoms with Crippen LogP contribution >= 0.6 is 0 Å². The summed E-state index contributed by atoms with van der Waals surface area (Å²) in [6, 6.07) is 9.36. The average molecular weight is 380 g/mol. The van der Waals surface area contributed by atoms with Crippen LogP contribution in [0.4, 0.5) is 0 Å². The van der Waals surface area contributed by atoms with Crippen molar-refractivity contribution in [1.29, 1.82) is 0 Å². The first kappa shape index (κ1) is 18.3. The normalized spacial score (nSPS) is 15.1. The number of amides is 2. The summed E-state index contributed by atoms with van der Waals surface area (Å²) in [5, 5.41) is 2.89. The van der Waals surface area contributed by atoms with Crippen molar-refractivity contribution in [2.24, 2.45) is 0 Å². The fraction of sp³-hybridized carbons (Fsp3) is 0.381. The smallest absolute Gasteiger partial charge is 0.289 e. The van der Waals surface area contributed by atoms with Crippen LogP contribution in [0, 0.1) is 0 Å². The fourth-order valence-electron chi connectivity index (χ4n) is 3.71. The predicted molar refractivity (Wildman–Crippen MR) is 105 cm³/mol. The van der Waals surface area contributed by atoms with E-state index in [1.165, 1.54) is 6.26 Å². The number of hydrogen-bond donors (Lipinski definition) is 1. The first-order chi connectivity index (χ1) is 13.7. The molecule has 1 aromatic carbocycles. The molecular weight excluding hydrogens is 356 g/mol. The SMILES string of the molecule is CCCNC(=O)c1ccc2c(c1)ncn2C1CCN(C(=O)c2ccco2)CC1. The van der Waals surface area contributed by atoms with Gasteiger partial charge in [0.25, 0.3) is 11.8 Å². The van der Waals surface area contributed by atoms with Crippen LogP contribution in [0.25, 0.3) is 11.0 Å². The highest BCUT2D eigenvalue weighted by molar-refractivity contribution is 5.97. The molecule has 146 valence electrons.